The van der Waals surface area contributed by atoms with Crippen LogP contribution in [0.3, 0.4) is 0 Å². The Morgan fingerprint density at radius 3 is 2.74 bits per heavy atom. The van der Waals surface area contributed by atoms with Gasteiger partial charge in [0.15, 0.2) is 0 Å². The fourth-order valence-electron chi connectivity index (χ4n) is 1.43. The van der Waals surface area contributed by atoms with Gasteiger partial charge in [0.05, 0.1) is 10.6 Å². The SMILES string of the molecule is CCNCC(C)C(=O)Nc1ccc([N+](=O)[O-])cc1Br. The molecule has 7 heteroatoms. The minimum Gasteiger partial charge on any atom is -0.325 e. The van der Waals surface area contributed by atoms with Gasteiger partial charge in [-0.3, -0.25) is 14.9 Å². The van der Waals surface area contributed by atoms with Crippen molar-refractivity contribution < 1.29 is 9.72 Å². The van der Waals surface area contributed by atoms with Gasteiger partial charge in [0.1, 0.15) is 0 Å². The third-order valence-corrected chi connectivity index (χ3v) is 3.23. The van der Waals surface area contributed by atoms with Crippen LogP contribution in [0.2, 0.25) is 0 Å². The summed E-state index contributed by atoms with van der Waals surface area (Å²) in [6.45, 7) is 5.18. The van der Waals surface area contributed by atoms with Gasteiger partial charge >= 0.3 is 0 Å². The Morgan fingerprint density at radius 1 is 1.53 bits per heavy atom. The zero-order valence-electron chi connectivity index (χ0n) is 10.8. The highest BCUT2D eigenvalue weighted by atomic mass is 79.9. The molecule has 0 radical (unpaired) electrons. The molecule has 0 aliphatic rings. The molecule has 0 bridgehead atoms. The van der Waals surface area contributed by atoms with Crippen molar-refractivity contribution in [3.05, 3.63) is 32.8 Å². The van der Waals surface area contributed by atoms with Gasteiger partial charge < -0.3 is 10.6 Å². The minimum absolute atomic E-state index is 0.0226. The van der Waals surface area contributed by atoms with Gasteiger partial charge in [0.2, 0.25) is 5.91 Å². The molecule has 0 aliphatic heterocycles. The van der Waals surface area contributed by atoms with E-state index in [1.54, 1.807) is 0 Å². The Bertz CT molecular complexity index is 479. The molecule has 2 N–H and O–H groups in total. The summed E-state index contributed by atoms with van der Waals surface area (Å²) in [4.78, 5) is 22.0. The molecule has 1 aromatic carbocycles. The van der Waals surface area contributed by atoms with Crippen molar-refractivity contribution in [1.82, 2.24) is 5.32 Å². The lowest BCUT2D eigenvalue weighted by molar-refractivity contribution is -0.384. The van der Waals surface area contributed by atoms with Gasteiger partial charge in [-0.25, -0.2) is 0 Å². The van der Waals surface area contributed by atoms with E-state index in [0.29, 0.717) is 16.7 Å². The third kappa shape index (κ3) is 4.60. The zero-order valence-corrected chi connectivity index (χ0v) is 12.4. The number of non-ortho nitro benzene ring substituents is 1. The first-order chi connectivity index (χ1) is 8.95. The molecule has 0 aromatic heterocycles. The number of nitro benzene ring substituents is 1. The number of nitrogens with zero attached hydrogens (tertiary/aromatic N) is 1. The fourth-order valence-corrected chi connectivity index (χ4v) is 1.89. The number of nitro groups is 1. The first kappa shape index (κ1) is 15.6. The van der Waals surface area contributed by atoms with Gasteiger partial charge in [-0.1, -0.05) is 13.8 Å². The smallest absolute Gasteiger partial charge is 0.270 e. The number of nitrogens with one attached hydrogen (secondary N) is 2. The molecule has 1 aromatic rings. The van der Waals surface area contributed by atoms with E-state index in [1.807, 2.05) is 13.8 Å². The van der Waals surface area contributed by atoms with E-state index < -0.39 is 4.92 Å². The molecule has 1 amide bonds. The molecule has 1 rings (SSSR count). The highest BCUT2D eigenvalue weighted by Gasteiger charge is 2.15. The molecule has 0 saturated carbocycles. The summed E-state index contributed by atoms with van der Waals surface area (Å²) < 4.78 is 0.491. The van der Waals surface area contributed by atoms with Crippen LogP contribution in [0, 0.1) is 16.0 Å². The van der Waals surface area contributed by atoms with E-state index >= 15 is 0 Å². The summed E-state index contributed by atoms with van der Waals surface area (Å²) in [5.41, 5.74) is 0.504. The Labute approximate surface area is 119 Å². The number of amides is 1. The minimum atomic E-state index is -0.482. The van der Waals surface area contributed by atoms with Crippen LogP contribution in [-0.4, -0.2) is 23.9 Å². The van der Waals surface area contributed by atoms with Crippen LogP contribution in [0.15, 0.2) is 22.7 Å². The van der Waals surface area contributed by atoms with E-state index in [4.69, 9.17) is 0 Å². The number of carbonyl (C=O) groups excluding carboxylic acids is 1. The predicted molar refractivity (Wildman–Crippen MR) is 77.1 cm³/mol. The predicted octanol–water partition coefficient (Wildman–Crippen LogP) is 2.54. The summed E-state index contributed by atoms with van der Waals surface area (Å²) in [6, 6.07) is 4.24. The Balaban J connectivity index is 2.72. The van der Waals surface area contributed by atoms with Crippen molar-refractivity contribution in [2.24, 2.45) is 5.92 Å². The van der Waals surface area contributed by atoms with Crippen molar-refractivity contribution in [2.75, 3.05) is 18.4 Å². The summed E-state index contributed by atoms with van der Waals surface area (Å²) in [5, 5.41) is 16.4. The van der Waals surface area contributed by atoms with Gasteiger partial charge in [-0.15, -0.1) is 0 Å². The number of carbonyl (C=O) groups is 1. The van der Waals surface area contributed by atoms with Gasteiger partial charge in [0, 0.05) is 29.1 Å². The second kappa shape index (κ2) is 7.20. The lowest BCUT2D eigenvalue weighted by Gasteiger charge is -2.13. The fraction of sp³-hybridized carbons (Fsp3) is 0.417. The summed E-state index contributed by atoms with van der Waals surface area (Å²) >= 11 is 3.21. The van der Waals surface area contributed by atoms with Gasteiger partial charge in [-0.05, 0) is 28.5 Å². The average molecular weight is 330 g/mol. The quantitative estimate of drug-likeness (QED) is 0.620. The van der Waals surface area contributed by atoms with Crippen LogP contribution in [0.1, 0.15) is 13.8 Å². The van der Waals surface area contributed by atoms with Gasteiger partial charge in [-0.2, -0.15) is 0 Å². The molecule has 6 nitrogen and oxygen atoms in total. The topological polar surface area (TPSA) is 84.3 Å². The summed E-state index contributed by atoms with van der Waals surface area (Å²) in [7, 11) is 0. The summed E-state index contributed by atoms with van der Waals surface area (Å²) in [5.74, 6) is -0.308. The van der Waals surface area contributed by atoms with Crippen molar-refractivity contribution in [2.45, 2.75) is 13.8 Å². The van der Waals surface area contributed by atoms with Crippen molar-refractivity contribution >= 4 is 33.2 Å². The molecule has 0 fully saturated rings. The Hall–Kier alpha value is -1.47. The number of hydrogen-bond acceptors (Lipinski definition) is 4. The monoisotopic (exact) mass is 329 g/mol. The van der Waals surface area contributed by atoms with Crippen LogP contribution in [0.25, 0.3) is 0 Å². The maximum atomic E-state index is 11.9. The van der Waals surface area contributed by atoms with Crippen LogP contribution in [-0.2, 0) is 4.79 Å². The van der Waals surface area contributed by atoms with E-state index in [-0.39, 0.29) is 17.5 Å². The van der Waals surface area contributed by atoms with Crippen LogP contribution >= 0.6 is 15.9 Å². The van der Waals surface area contributed by atoms with Crippen LogP contribution in [0.4, 0.5) is 11.4 Å². The Kier molecular flexibility index (Phi) is 5.91. The highest BCUT2D eigenvalue weighted by Crippen LogP contribution is 2.27. The molecule has 19 heavy (non-hydrogen) atoms. The second-order valence-corrected chi connectivity index (χ2v) is 4.97. The first-order valence-corrected chi connectivity index (χ1v) is 6.70. The van der Waals surface area contributed by atoms with Crippen molar-refractivity contribution in [3.8, 4) is 0 Å². The summed E-state index contributed by atoms with van der Waals surface area (Å²) in [6.07, 6.45) is 0. The zero-order chi connectivity index (χ0) is 14.4. The standard InChI is InChI=1S/C12H16BrN3O3/c1-3-14-7-8(2)12(17)15-11-5-4-9(16(18)19)6-10(11)13/h4-6,8,14H,3,7H2,1-2H3,(H,15,17). The third-order valence-electron chi connectivity index (χ3n) is 2.57. The average Bonchev–Trinajstić information content (AvgIpc) is 2.37. The molecule has 0 heterocycles. The van der Waals surface area contributed by atoms with Crippen molar-refractivity contribution in [1.29, 1.82) is 0 Å². The molecule has 1 atom stereocenters. The largest absolute Gasteiger partial charge is 0.325 e. The highest BCUT2D eigenvalue weighted by molar-refractivity contribution is 9.10. The normalized spacial score (nSPS) is 11.9. The van der Waals surface area contributed by atoms with E-state index in [2.05, 4.69) is 26.6 Å². The van der Waals surface area contributed by atoms with Crippen LogP contribution in [0.5, 0.6) is 0 Å². The Morgan fingerprint density at radius 2 is 2.21 bits per heavy atom. The van der Waals surface area contributed by atoms with E-state index in [1.165, 1.54) is 18.2 Å². The van der Waals surface area contributed by atoms with Crippen LogP contribution < -0.4 is 10.6 Å². The van der Waals surface area contributed by atoms with Crippen molar-refractivity contribution in [3.63, 3.8) is 0 Å². The second-order valence-electron chi connectivity index (χ2n) is 4.12. The number of benzene rings is 1. The first-order valence-electron chi connectivity index (χ1n) is 5.91. The lowest BCUT2D eigenvalue weighted by Crippen LogP contribution is -2.30. The molecule has 1 unspecified atom stereocenters. The molecular formula is C12H16BrN3O3. The molecule has 0 spiro atoms. The molecule has 104 valence electrons. The lowest BCUT2D eigenvalue weighted by atomic mass is 10.1. The number of rotatable bonds is 6. The van der Waals surface area contributed by atoms with E-state index in [0.717, 1.165) is 6.54 Å². The van der Waals surface area contributed by atoms with E-state index in [9.17, 15) is 14.9 Å². The molecule has 0 aliphatic carbocycles. The molecular weight excluding hydrogens is 314 g/mol. The number of anilines is 1. The maximum absolute atomic E-state index is 11.9. The molecule has 0 saturated heterocycles. The number of halogens is 1. The number of hydrogen-bond donors (Lipinski definition) is 2. The van der Waals surface area contributed by atoms with Gasteiger partial charge in [0.25, 0.3) is 5.69 Å². The maximum Gasteiger partial charge on any atom is 0.270 e.